The Bertz CT molecular complexity index is 1160. The second-order valence-electron chi connectivity index (χ2n) is 6.41. The monoisotopic (exact) mass is 404 g/mol. The van der Waals surface area contributed by atoms with Gasteiger partial charge in [-0.25, -0.2) is 9.48 Å². The molecule has 0 aliphatic carbocycles. The lowest BCUT2D eigenvalue weighted by Gasteiger charge is -2.10. The molecule has 0 saturated heterocycles. The summed E-state index contributed by atoms with van der Waals surface area (Å²) in [6.45, 7) is 0.443. The van der Waals surface area contributed by atoms with Crippen LogP contribution < -0.4 is 4.74 Å². The fourth-order valence-corrected chi connectivity index (χ4v) is 3.17. The zero-order chi connectivity index (χ0) is 20.2. The Morgan fingerprint density at radius 1 is 0.966 bits per heavy atom. The Morgan fingerprint density at radius 2 is 1.76 bits per heavy atom. The molecule has 1 aromatic heterocycles. The van der Waals surface area contributed by atoms with Crippen molar-refractivity contribution >= 4 is 17.6 Å². The molecule has 0 spiro atoms. The Hall–Kier alpha value is -3.57. The average molecular weight is 405 g/mol. The molecule has 0 aliphatic heterocycles. The summed E-state index contributed by atoms with van der Waals surface area (Å²) < 4.78 is 7.48. The predicted molar refractivity (Wildman–Crippen MR) is 112 cm³/mol. The highest BCUT2D eigenvalue weighted by atomic mass is 35.5. The van der Waals surface area contributed by atoms with Gasteiger partial charge >= 0.3 is 5.97 Å². The number of aromatic carboxylic acids is 1. The molecule has 1 heterocycles. The molecule has 6 heteroatoms. The van der Waals surface area contributed by atoms with E-state index in [0.29, 0.717) is 28.8 Å². The van der Waals surface area contributed by atoms with E-state index in [1.54, 1.807) is 28.9 Å². The van der Waals surface area contributed by atoms with Crippen molar-refractivity contribution in [1.82, 2.24) is 9.78 Å². The predicted octanol–water partition coefficient (Wildman–Crippen LogP) is 5.47. The number of aromatic nitrogens is 2. The minimum Gasteiger partial charge on any atom is -0.489 e. The summed E-state index contributed by atoms with van der Waals surface area (Å²) in [4.78, 5) is 11.5. The maximum Gasteiger partial charge on any atom is 0.356 e. The van der Waals surface area contributed by atoms with Crippen molar-refractivity contribution in [3.63, 3.8) is 0 Å². The molecule has 4 aromatic rings. The SMILES string of the molecule is O=C(O)c1cc(-c2cccc(OCc3ccccc3)c2)n(-c2cccc(Cl)c2)n1. The molecule has 1 N–H and O–H groups in total. The van der Waals surface area contributed by atoms with Crippen LogP contribution in [0.4, 0.5) is 0 Å². The zero-order valence-electron chi connectivity index (χ0n) is 15.3. The summed E-state index contributed by atoms with van der Waals surface area (Å²) in [5, 5.41) is 14.2. The highest BCUT2D eigenvalue weighted by molar-refractivity contribution is 6.30. The third-order valence-electron chi connectivity index (χ3n) is 4.36. The van der Waals surface area contributed by atoms with Crippen molar-refractivity contribution in [2.24, 2.45) is 0 Å². The van der Waals surface area contributed by atoms with Gasteiger partial charge in [0.2, 0.25) is 0 Å². The Kier molecular flexibility index (Phi) is 5.31. The van der Waals surface area contributed by atoms with E-state index in [-0.39, 0.29) is 5.69 Å². The first kappa shape index (κ1) is 18.8. The Balaban J connectivity index is 1.70. The van der Waals surface area contributed by atoms with E-state index < -0.39 is 5.97 Å². The van der Waals surface area contributed by atoms with Gasteiger partial charge < -0.3 is 9.84 Å². The number of carboxylic acids is 1. The van der Waals surface area contributed by atoms with Gasteiger partial charge in [0.15, 0.2) is 5.69 Å². The summed E-state index contributed by atoms with van der Waals surface area (Å²) in [7, 11) is 0. The van der Waals surface area contributed by atoms with Crippen LogP contribution >= 0.6 is 11.6 Å². The minimum absolute atomic E-state index is 0.0458. The first-order valence-corrected chi connectivity index (χ1v) is 9.34. The fraction of sp³-hybridized carbons (Fsp3) is 0.0435. The molecule has 0 amide bonds. The molecule has 0 bridgehead atoms. The molecule has 4 rings (SSSR count). The standard InChI is InChI=1S/C23H17ClN2O3/c24-18-9-5-10-19(13-18)26-22(14-21(25-26)23(27)28)17-8-4-11-20(12-17)29-15-16-6-2-1-3-7-16/h1-14H,15H2,(H,27,28). The van der Waals surface area contributed by atoms with Gasteiger partial charge in [0.25, 0.3) is 0 Å². The average Bonchev–Trinajstić information content (AvgIpc) is 3.19. The number of nitrogens with zero attached hydrogens (tertiary/aromatic N) is 2. The van der Waals surface area contributed by atoms with Crippen LogP contribution in [0.15, 0.2) is 84.9 Å². The van der Waals surface area contributed by atoms with E-state index in [1.807, 2.05) is 60.7 Å². The lowest BCUT2D eigenvalue weighted by molar-refractivity contribution is 0.0690. The molecule has 3 aromatic carbocycles. The maximum absolute atomic E-state index is 11.5. The van der Waals surface area contributed by atoms with Crippen molar-refractivity contribution in [3.8, 4) is 22.7 Å². The molecule has 0 radical (unpaired) electrons. The number of hydrogen-bond acceptors (Lipinski definition) is 3. The van der Waals surface area contributed by atoms with Gasteiger partial charge in [-0.3, -0.25) is 0 Å². The molecule has 0 unspecified atom stereocenters. The van der Waals surface area contributed by atoms with Gasteiger partial charge in [0, 0.05) is 10.6 Å². The van der Waals surface area contributed by atoms with Crippen molar-refractivity contribution in [2.45, 2.75) is 6.61 Å². The van der Waals surface area contributed by atoms with E-state index in [0.717, 1.165) is 11.1 Å². The number of hydrogen-bond donors (Lipinski definition) is 1. The van der Waals surface area contributed by atoms with Crippen LogP contribution in [0.2, 0.25) is 5.02 Å². The molecule has 0 atom stereocenters. The van der Waals surface area contributed by atoms with Crippen LogP contribution in [-0.2, 0) is 6.61 Å². The Morgan fingerprint density at radius 3 is 2.52 bits per heavy atom. The highest BCUT2D eigenvalue weighted by Gasteiger charge is 2.16. The fourth-order valence-electron chi connectivity index (χ4n) is 2.98. The molecular weight excluding hydrogens is 388 g/mol. The van der Waals surface area contributed by atoms with Gasteiger partial charge in [-0.1, -0.05) is 60.1 Å². The van der Waals surface area contributed by atoms with E-state index in [1.165, 1.54) is 0 Å². The van der Waals surface area contributed by atoms with Crippen molar-refractivity contribution in [2.75, 3.05) is 0 Å². The number of carboxylic acid groups (broad SMARTS) is 1. The van der Waals surface area contributed by atoms with Crippen LogP contribution in [0.1, 0.15) is 16.1 Å². The lowest BCUT2D eigenvalue weighted by Crippen LogP contribution is -2.02. The maximum atomic E-state index is 11.5. The molecule has 0 fully saturated rings. The van der Waals surface area contributed by atoms with E-state index in [2.05, 4.69) is 5.10 Å². The number of rotatable bonds is 6. The van der Waals surface area contributed by atoms with Crippen LogP contribution in [0.25, 0.3) is 16.9 Å². The third kappa shape index (κ3) is 4.31. The van der Waals surface area contributed by atoms with Crippen LogP contribution in [0.3, 0.4) is 0 Å². The van der Waals surface area contributed by atoms with Crippen LogP contribution in [0, 0.1) is 0 Å². The van der Waals surface area contributed by atoms with Crippen LogP contribution in [0.5, 0.6) is 5.75 Å². The summed E-state index contributed by atoms with van der Waals surface area (Å²) in [5.41, 5.74) is 3.12. The van der Waals surface area contributed by atoms with Gasteiger partial charge in [-0.2, -0.15) is 5.10 Å². The summed E-state index contributed by atoms with van der Waals surface area (Å²) in [6, 6.07) is 26.0. The topological polar surface area (TPSA) is 64.3 Å². The molecule has 5 nitrogen and oxygen atoms in total. The summed E-state index contributed by atoms with van der Waals surface area (Å²) in [5.74, 6) is -0.411. The quantitative estimate of drug-likeness (QED) is 0.462. The second-order valence-corrected chi connectivity index (χ2v) is 6.85. The van der Waals surface area contributed by atoms with Crippen LogP contribution in [-0.4, -0.2) is 20.9 Å². The number of benzene rings is 3. The van der Waals surface area contributed by atoms with Gasteiger partial charge in [-0.05, 0) is 42.0 Å². The van der Waals surface area contributed by atoms with Crippen molar-refractivity contribution in [1.29, 1.82) is 0 Å². The molecule has 144 valence electrons. The van der Waals surface area contributed by atoms with Crippen molar-refractivity contribution < 1.29 is 14.6 Å². The van der Waals surface area contributed by atoms with Gasteiger partial charge in [0.1, 0.15) is 12.4 Å². The van der Waals surface area contributed by atoms with Gasteiger partial charge in [0.05, 0.1) is 11.4 Å². The molecule has 29 heavy (non-hydrogen) atoms. The van der Waals surface area contributed by atoms with E-state index >= 15 is 0 Å². The molecule has 0 saturated carbocycles. The minimum atomic E-state index is -1.09. The lowest BCUT2D eigenvalue weighted by atomic mass is 10.1. The van der Waals surface area contributed by atoms with E-state index in [4.69, 9.17) is 16.3 Å². The zero-order valence-corrected chi connectivity index (χ0v) is 16.1. The molecular formula is C23H17ClN2O3. The number of halogens is 1. The third-order valence-corrected chi connectivity index (χ3v) is 4.59. The molecule has 0 aliphatic rings. The summed E-state index contributed by atoms with van der Waals surface area (Å²) in [6.07, 6.45) is 0. The van der Waals surface area contributed by atoms with Gasteiger partial charge in [-0.15, -0.1) is 0 Å². The normalized spacial score (nSPS) is 10.7. The summed E-state index contributed by atoms with van der Waals surface area (Å²) >= 11 is 6.11. The Labute approximate surface area is 172 Å². The highest BCUT2D eigenvalue weighted by Crippen LogP contribution is 2.28. The smallest absolute Gasteiger partial charge is 0.356 e. The number of carbonyl (C=O) groups is 1. The number of ether oxygens (including phenoxy) is 1. The van der Waals surface area contributed by atoms with Crippen molar-refractivity contribution in [3.05, 3.63) is 101 Å². The second kappa shape index (κ2) is 8.20. The first-order valence-electron chi connectivity index (χ1n) is 8.96. The first-order chi connectivity index (χ1) is 14.1. The van der Waals surface area contributed by atoms with E-state index in [9.17, 15) is 9.90 Å². The largest absolute Gasteiger partial charge is 0.489 e.